The summed E-state index contributed by atoms with van der Waals surface area (Å²) >= 11 is 7.99. The lowest BCUT2D eigenvalue weighted by Gasteiger charge is -1.91. The molecule has 0 aromatic carbocycles. The van der Waals surface area contributed by atoms with Gasteiger partial charge in [0, 0.05) is 5.03 Å². The van der Waals surface area contributed by atoms with Crippen molar-refractivity contribution in [1.29, 1.82) is 0 Å². The zero-order chi connectivity index (χ0) is 7.98. The summed E-state index contributed by atoms with van der Waals surface area (Å²) in [7, 11) is 0. The van der Waals surface area contributed by atoms with E-state index in [0.717, 1.165) is 10.6 Å². The van der Waals surface area contributed by atoms with Gasteiger partial charge in [0.2, 0.25) is 0 Å². The second-order valence-electron chi connectivity index (χ2n) is 1.82. The van der Waals surface area contributed by atoms with Crippen LogP contribution in [0.3, 0.4) is 0 Å². The third-order valence-electron chi connectivity index (χ3n) is 1.00. The molecule has 0 radical (unpaired) electrons. The molecule has 56 valence electrons. The van der Waals surface area contributed by atoms with E-state index in [0.29, 0.717) is 0 Å². The Hall–Kier alpha value is 0.240. The van der Waals surface area contributed by atoms with Crippen molar-refractivity contribution in [3.05, 3.63) is 32.9 Å². The van der Waals surface area contributed by atoms with Gasteiger partial charge in [0.25, 0.3) is 0 Å². The quantitative estimate of drug-likeness (QED) is 0.524. The van der Waals surface area contributed by atoms with Gasteiger partial charge in [0.15, 0.2) is 0 Å². The fourth-order valence-corrected chi connectivity index (χ4v) is 1.21. The second kappa shape index (κ2) is 5.98. The lowest BCUT2D eigenvalue weighted by molar-refractivity contribution is 1.48. The molecule has 0 bridgehead atoms. The molecule has 0 heterocycles. The molecular weight excluding hydrogens is 258 g/mol. The summed E-state index contributed by atoms with van der Waals surface area (Å²) in [5, 5.41) is 0.799. The molecule has 0 unspecified atom stereocenters. The number of hydrogen-bond donors (Lipinski definition) is 0. The van der Waals surface area contributed by atoms with Crippen molar-refractivity contribution in [1.82, 2.24) is 0 Å². The third kappa shape index (κ3) is 4.12. The van der Waals surface area contributed by atoms with Crippen LogP contribution in [0.15, 0.2) is 32.9 Å². The zero-order valence-electron chi connectivity index (χ0n) is 6.07. The Balaban J connectivity index is 4.33. The van der Waals surface area contributed by atoms with Crippen LogP contribution in [0.4, 0.5) is 0 Å². The van der Waals surface area contributed by atoms with Gasteiger partial charge in [0.1, 0.15) is 0 Å². The highest BCUT2D eigenvalue weighted by atomic mass is 127. The van der Waals surface area contributed by atoms with Gasteiger partial charge in [-0.25, -0.2) is 0 Å². The van der Waals surface area contributed by atoms with Gasteiger partial charge in [-0.1, -0.05) is 46.3 Å². The van der Waals surface area contributed by atoms with Gasteiger partial charge in [-0.15, -0.1) is 0 Å². The maximum absolute atomic E-state index is 5.85. The van der Waals surface area contributed by atoms with Gasteiger partial charge in [-0.2, -0.15) is 0 Å². The van der Waals surface area contributed by atoms with Gasteiger partial charge in [-0.3, -0.25) is 0 Å². The first kappa shape index (κ1) is 10.2. The van der Waals surface area contributed by atoms with E-state index in [2.05, 4.69) is 22.6 Å². The first-order valence-electron chi connectivity index (χ1n) is 2.98. The molecule has 0 aliphatic carbocycles. The topological polar surface area (TPSA) is 0 Å². The maximum Gasteiger partial charge on any atom is 0.0439 e. The predicted octanol–water partition coefficient (Wildman–Crippen LogP) is 4.02. The highest BCUT2D eigenvalue weighted by molar-refractivity contribution is 14.1. The van der Waals surface area contributed by atoms with Crippen LogP contribution >= 0.6 is 34.2 Å². The van der Waals surface area contributed by atoms with Gasteiger partial charge in [-0.05, 0) is 29.6 Å². The van der Waals surface area contributed by atoms with Crippen molar-refractivity contribution in [2.75, 3.05) is 0 Å². The Morgan fingerprint density at radius 2 is 2.00 bits per heavy atom. The summed E-state index contributed by atoms with van der Waals surface area (Å²) in [6, 6.07) is 0. The van der Waals surface area contributed by atoms with Gasteiger partial charge in [0.05, 0.1) is 0 Å². The summed E-state index contributed by atoms with van der Waals surface area (Å²) in [5.74, 6) is 0. The van der Waals surface area contributed by atoms with Crippen LogP contribution in [0.1, 0.15) is 13.8 Å². The molecule has 0 fully saturated rings. The summed E-state index contributed by atoms with van der Waals surface area (Å²) < 4.78 is 1.90. The van der Waals surface area contributed by atoms with Gasteiger partial charge >= 0.3 is 0 Å². The van der Waals surface area contributed by atoms with Crippen molar-refractivity contribution in [3.8, 4) is 0 Å². The minimum absolute atomic E-state index is 0.799. The Kier molecular flexibility index (Phi) is 6.13. The molecule has 0 saturated carbocycles. The SMILES string of the molecule is C\C=C/C(C)=C(Cl)\C=C\I. The number of allylic oxidation sites excluding steroid dienone is 5. The summed E-state index contributed by atoms with van der Waals surface area (Å²) in [4.78, 5) is 0. The molecule has 10 heavy (non-hydrogen) atoms. The lowest BCUT2D eigenvalue weighted by Crippen LogP contribution is -1.70. The number of halogens is 2. The molecule has 0 rings (SSSR count). The van der Waals surface area contributed by atoms with E-state index in [1.54, 1.807) is 0 Å². The largest absolute Gasteiger partial charge is 0.0873 e. The molecule has 0 N–H and O–H groups in total. The molecule has 0 aliphatic heterocycles. The standard InChI is InChI=1S/C8H10ClI/c1-3-4-7(2)8(9)5-6-10/h3-6H,1-2H3/b4-3-,6-5+,8-7+. The molecule has 0 aromatic heterocycles. The highest BCUT2D eigenvalue weighted by Crippen LogP contribution is 2.12. The molecule has 0 atom stereocenters. The smallest absolute Gasteiger partial charge is 0.0439 e. The predicted molar refractivity (Wildman–Crippen MR) is 56.5 cm³/mol. The van der Waals surface area contributed by atoms with Crippen molar-refractivity contribution >= 4 is 34.2 Å². The Labute approximate surface area is 80.8 Å². The fourth-order valence-electron chi connectivity index (χ4n) is 0.516. The first-order valence-corrected chi connectivity index (χ1v) is 4.60. The maximum atomic E-state index is 5.85. The van der Waals surface area contributed by atoms with Crippen LogP contribution in [0.25, 0.3) is 0 Å². The van der Waals surface area contributed by atoms with Crippen LogP contribution in [0.5, 0.6) is 0 Å². The van der Waals surface area contributed by atoms with Gasteiger partial charge < -0.3 is 0 Å². The van der Waals surface area contributed by atoms with Crippen molar-refractivity contribution in [3.63, 3.8) is 0 Å². The van der Waals surface area contributed by atoms with E-state index in [9.17, 15) is 0 Å². The van der Waals surface area contributed by atoms with E-state index in [4.69, 9.17) is 11.6 Å². The van der Waals surface area contributed by atoms with E-state index >= 15 is 0 Å². The molecule has 2 heteroatoms. The molecular formula is C8H10ClI. The molecule has 0 aliphatic rings. The van der Waals surface area contributed by atoms with Crippen LogP contribution in [0, 0.1) is 0 Å². The average Bonchev–Trinajstić information content (AvgIpc) is 1.89. The van der Waals surface area contributed by atoms with E-state index in [-0.39, 0.29) is 0 Å². The summed E-state index contributed by atoms with van der Waals surface area (Å²) in [5.41, 5.74) is 1.09. The molecule has 0 nitrogen and oxygen atoms in total. The van der Waals surface area contributed by atoms with Crippen molar-refractivity contribution < 1.29 is 0 Å². The van der Waals surface area contributed by atoms with Crippen molar-refractivity contribution in [2.45, 2.75) is 13.8 Å². The first-order chi connectivity index (χ1) is 4.72. The normalized spacial score (nSPS) is 14.8. The number of hydrogen-bond acceptors (Lipinski definition) is 0. The fraction of sp³-hybridized carbons (Fsp3) is 0.250. The second-order valence-corrected chi connectivity index (χ2v) is 2.95. The van der Waals surface area contributed by atoms with E-state index in [1.807, 2.05) is 36.2 Å². The Morgan fingerprint density at radius 3 is 2.40 bits per heavy atom. The number of rotatable bonds is 2. The van der Waals surface area contributed by atoms with Crippen LogP contribution in [0.2, 0.25) is 0 Å². The minimum Gasteiger partial charge on any atom is -0.0873 e. The molecule has 0 saturated heterocycles. The molecule has 0 amide bonds. The zero-order valence-corrected chi connectivity index (χ0v) is 8.98. The third-order valence-corrected chi connectivity index (χ3v) is 1.79. The highest BCUT2D eigenvalue weighted by Gasteiger charge is 1.88. The van der Waals surface area contributed by atoms with Crippen LogP contribution in [-0.4, -0.2) is 0 Å². The van der Waals surface area contributed by atoms with E-state index in [1.165, 1.54) is 0 Å². The molecule has 0 aromatic rings. The monoisotopic (exact) mass is 268 g/mol. The average molecular weight is 269 g/mol. The Morgan fingerprint density at radius 1 is 1.40 bits per heavy atom. The molecule has 0 spiro atoms. The summed E-state index contributed by atoms with van der Waals surface area (Å²) in [6.45, 7) is 3.96. The lowest BCUT2D eigenvalue weighted by atomic mass is 10.2. The van der Waals surface area contributed by atoms with E-state index < -0.39 is 0 Å². The van der Waals surface area contributed by atoms with Crippen LogP contribution < -0.4 is 0 Å². The van der Waals surface area contributed by atoms with Crippen molar-refractivity contribution in [2.24, 2.45) is 0 Å². The summed E-state index contributed by atoms with van der Waals surface area (Å²) in [6.07, 6.45) is 5.83. The van der Waals surface area contributed by atoms with Crippen LogP contribution in [-0.2, 0) is 0 Å². The Bertz CT molecular complexity index is 158. The minimum atomic E-state index is 0.799.